The molecule has 0 atom stereocenters. The summed E-state index contributed by atoms with van der Waals surface area (Å²) < 4.78 is 1.86. The Hall–Kier alpha value is -0.250. The van der Waals surface area contributed by atoms with Gasteiger partial charge in [0.15, 0.2) is 0 Å². The quantitative estimate of drug-likeness (QED) is 0.778. The third-order valence-corrected chi connectivity index (χ3v) is 3.78. The van der Waals surface area contributed by atoms with E-state index < -0.39 is 0 Å². The number of hydrogen-bond donors (Lipinski definition) is 1. The average molecular weight is 278 g/mol. The number of fused-ring (bicyclic) bond motifs is 1. The smallest absolute Gasteiger partial charge is 0.130 e. The second kappa shape index (κ2) is 3.48. The van der Waals surface area contributed by atoms with E-state index in [1.54, 1.807) is 17.4 Å². The predicted molar refractivity (Wildman–Crippen MR) is 60.7 cm³/mol. The highest BCUT2D eigenvalue weighted by Gasteiger charge is 2.06. The first-order valence-corrected chi connectivity index (χ1v) is 5.87. The molecule has 2 rings (SSSR count). The van der Waals surface area contributed by atoms with Crippen LogP contribution in [0.3, 0.4) is 0 Å². The molecule has 1 aromatic heterocycles. The molecule has 1 heterocycles. The average Bonchev–Trinajstić information content (AvgIpc) is 2.48. The molecule has 0 saturated heterocycles. The molecular formula is C9H6BrClOS. The molecule has 0 saturated carbocycles. The number of rotatable bonds is 1. The van der Waals surface area contributed by atoms with Crippen molar-refractivity contribution in [3.05, 3.63) is 27.5 Å². The van der Waals surface area contributed by atoms with Crippen molar-refractivity contribution in [2.24, 2.45) is 0 Å². The van der Waals surface area contributed by atoms with Gasteiger partial charge in [-0.2, -0.15) is 0 Å². The number of halogens is 2. The Labute approximate surface area is 93.1 Å². The largest absolute Gasteiger partial charge is 0.507 e. The maximum Gasteiger partial charge on any atom is 0.130 e. The van der Waals surface area contributed by atoms with Crippen LogP contribution in [-0.4, -0.2) is 5.11 Å². The molecule has 0 spiro atoms. The molecule has 1 N–H and O–H groups in total. The first-order chi connectivity index (χ1) is 6.22. The van der Waals surface area contributed by atoms with Crippen LogP contribution >= 0.6 is 38.9 Å². The number of alkyl halides is 1. The molecule has 1 aromatic carbocycles. The van der Waals surface area contributed by atoms with E-state index >= 15 is 0 Å². The van der Waals surface area contributed by atoms with Crippen LogP contribution in [0.25, 0.3) is 10.1 Å². The summed E-state index contributed by atoms with van der Waals surface area (Å²) in [5.41, 5.74) is 1.07. The van der Waals surface area contributed by atoms with Crippen LogP contribution in [-0.2, 0) is 5.88 Å². The van der Waals surface area contributed by atoms with E-state index in [0.717, 1.165) is 20.1 Å². The van der Waals surface area contributed by atoms with Crippen molar-refractivity contribution in [2.45, 2.75) is 5.88 Å². The summed E-state index contributed by atoms with van der Waals surface area (Å²) >= 11 is 10.7. The van der Waals surface area contributed by atoms with Gasteiger partial charge in [-0.3, -0.25) is 0 Å². The third kappa shape index (κ3) is 1.56. The summed E-state index contributed by atoms with van der Waals surface area (Å²) in [6, 6.07) is 3.65. The van der Waals surface area contributed by atoms with Gasteiger partial charge < -0.3 is 5.11 Å². The molecule has 2 aromatic rings. The van der Waals surface area contributed by atoms with Gasteiger partial charge in [0.05, 0.1) is 4.47 Å². The zero-order chi connectivity index (χ0) is 9.42. The molecule has 1 nitrogen and oxygen atoms in total. The Bertz CT molecular complexity index is 452. The first-order valence-electron chi connectivity index (χ1n) is 3.67. The normalized spacial score (nSPS) is 10.9. The number of aromatic hydroxyl groups is 1. The summed E-state index contributed by atoms with van der Waals surface area (Å²) in [5.74, 6) is 0.749. The molecule has 4 heteroatoms. The Morgan fingerprint density at radius 1 is 1.46 bits per heavy atom. The van der Waals surface area contributed by atoms with E-state index in [2.05, 4.69) is 15.9 Å². The van der Waals surface area contributed by atoms with Crippen molar-refractivity contribution in [3.63, 3.8) is 0 Å². The Morgan fingerprint density at radius 2 is 2.23 bits per heavy atom. The molecule has 0 radical (unpaired) electrons. The Kier molecular flexibility index (Phi) is 2.49. The number of thiophene rings is 1. The van der Waals surface area contributed by atoms with Crippen molar-refractivity contribution < 1.29 is 5.11 Å². The van der Waals surface area contributed by atoms with Gasteiger partial charge in [-0.25, -0.2) is 0 Å². The zero-order valence-electron chi connectivity index (χ0n) is 6.55. The minimum Gasteiger partial charge on any atom is -0.507 e. The number of phenols is 1. The lowest BCUT2D eigenvalue weighted by Crippen LogP contribution is -1.74. The SMILES string of the molecule is Oc1cc2c(CCl)csc2cc1Br. The van der Waals surface area contributed by atoms with Crippen molar-refractivity contribution in [1.82, 2.24) is 0 Å². The number of hydrogen-bond acceptors (Lipinski definition) is 2. The molecule has 0 unspecified atom stereocenters. The van der Waals surface area contributed by atoms with Gasteiger partial charge in [0.25, 0.3) is 0 Å². The van der Waals surface area contributed by atoms with Crippen LogP contribution in [0.4, 0.5) is 0 Å². The predicted octanol–water partition coefficient (Wildman–Crippen LogP) is 4.11. The highest BCUT2D eigenvalue weighted by molar-refractivity contribution is 9.10. The molecule has 68 valence electrons. The molecule has 13 heavy (non-hydrogen) atoms. The number of phenolic OH excluding ortho intramolecular Hbond substituents is 1. The fraction of sp³-hybridized carbons (Fsp3) is 0.111. The topological polar surface area (TPSA) is 20.2 Å². The summed E-state index contributed by atoms with van der Waals surface area (Å²) in [6.07, 6.45) is 0. The van der Waals surface area contributed by atoms with E-state index in [1.807, 2.05) is 11.4 Å². The summed E-state index contributed by atoms with van der Waals surface area (Å²) in [7, 11) is 0. The molecule has 0 aliphatic heterocycles. The van der Waals surface area contributed by atoms with Crippen molar-refractivity contribution in [3.8, 4) is 5.75 Å². The van der Waals surface area contributed by atoms with E-state index in [1.165, 1.54) is 0 Å². The minimum absolute atomic E-state index is 0.261. The molecular weight excluding hydrogens is 272 g/mol. The van der Waals surface area contributed by atoms with Crippen molar-refractivity contribution >= 4 is 49.0 Å². The fourth-order valence-corrected chi connectivity index (χ4v) is 2.98. The van der Waals surface area contributed by atoms with Crippen LogP contribution in [0.1, 0.15) is 5.56 Å². The van der Waals surface area contributed by atoms with Crippen LogP contribution in [0.5, 0.6) is 5.75 Å². The standard InChI is InChI=1S/C9H6BrClOS/c10-7-2-9-6(1-8(7)12)5(3-11)4-13-9/h1-2,4,12H,3H2. The second-order valence-corrected chi connectivity index (χ2v) is 4.73. The molecule has 0 bridgehead atoms. The fourth-order valence-electron chi connectivity index (χ4n) is 1.19. The lowest BCUT2D eigenvalue weighted by atomic mass is 10.2. The van der Waals surface area contributed by atoms with Crippen LogP contribution in [0, 0.1) is 0 Å². The van der Waals surface area contributed by atoms with Crippen molar-refractivity contribution in [2.75, 3.05) is 0 Å². The van der Waals surface area contributed by atoms with Gasteiger partial charge in [0, 0.05) is 16.0 Å². The molecule has 0 fully saturated rings. The zero-order valence-corrected chi connectivity index (χ0v) is 9.71. The van der Waals surface area contributed by atoms with Crippen molar-refractivity contribution in [1.29, 1.82) is 0 Å². The first kappa shape index (κ1) is 9.31. The van der Waals surface area contributed by atoms with Crippen LogP contribution < -0.4 is 0 Å². The highest BCUT2D eigenvalue weighted by Crippen LogP contribution is 2.35. The van der Waals surface area contributed by atoms with Gasteiger partial charge in [0.1, 0.15) is 5.75 Å². The lowest BCUT2D eigenvalue weighted by molar-refractivity contribution is 0.473. The van der Waals surface area contributed by atoms with Gasteiger partial charge in [-0.15, -0.1) is 22.9 Å². The molecule has 0 aliphatic carbocycles. The van der Waals surface area contributed by atoms with E-state index in [0.29, 0.717) is 5.88 Å². The Balaban J connectivity index is 2.77. The molecule has 0 amide bonds. The van der Waals surface area contributed by atoms with E-state index in [-0.39, 0.29) is 5.75 Å². The monoisotopic (exact) mass is 276 g/mol. The maximum atomic E-state index is 9.47. The van der Waals surface area contributed by atoms with Gasteiger partial charge in [-0.1, -0.05) is 0 Å². The van der Waals surface area contributed by atoms with Crippen LogP contribution in [0.15, 0.2) is 22.0 Å². The summed E-state index contributed by atoms with van der Waals surface area (Å²) in [6.45, 7) is 0. The third-order valence-electron chi connectivity index (χ3n) is 1.87. The van der Waals surface area contributed by atoms with Gasteiger partial charge >= 0.3 is 0 Å². The summed E-state index contributed by atoms with van der Waals surface area (Å²) in [4.78, 5) is 0. The molecule has 0 aliphatic rings. The summed E-state index contributed by atoms with van der Waals surface area (Å²) in [5, 5.41) is 12.5. The Morgan fingerprint density at radius 3 is 2.92 bits per heavy atom. The lowest BCUT2D eigenvalue weighted by Gasteiger charge is -1.97. The van der Waals surface area contributed by atoms with Gasteiger partial charge in [-0.05, 0) is 39.0 Å². The van der Waals surface area contributed by atoms with E-state index in [9.17, 15) is 5.11 Å². The maximum absolute atomic E-state index is 9.47. The van der Waals surface area contributed by atoms with E-state index in [4.69, 9.17) is 11.6 Å². The minimum atomic E-state index is 0.261. The van der Waals surface area contributed by atoms with Gasteiger partial charge in [0.2, 0.25) is 0 Å². The highest BCUT2D eigenvalue weighted by atomic mass is 79.9. The second-order valence-electron chi connectivity index (χ2n) is 2.69. The van der Waals surface area contributed by atoms with Crippen LogP contribution in [0.2, 0.25) is 0 Å². The number of benzene rings is 1.